The highest BCUT2D eigenvalue weighted by Gasteiger charge is 2.06. The molecule has 0 radical (unpaired) electrons. The van der Waals surface area contributed by atoms with Crippen molar-refractivity contribution in [2.45, 2.75) is 6.92 Å². The lowest BCUT2D eigenvalue weighted by Gasteiger charge is -2.06. The second kappa shape index (κ2) is 4.29. The number of nitrogens with two attached hydrogens (primary N) is 1. The van der Waals surface area contributed by atoms with Crippen molar-refractivity contribution in [2.75, 3.05) is 5.73 Å². The van der Waals surface area contributed by atoms with Crippen molar-refractivity contribution in [1.29, 1.82) is 0 Å². The van der Waals surface area contributed by atoms with Gasteiger partial charge in [0.15, 0.2) is 0 Å². The van der Waals surface area contributed by atoms with Gasteiger partial charge in [-0.05, 0) is 29.8 Å². The smallest absolute Gasteiger partial charge is 0.331 e. The number of anilines is 1. The number of fused-ring (bicyclic) bond motifs is 1. The summed E-state index contributed by atoms with van der Waals surface area (Å²) in [5, 5.41) is 10.9. The average molecular weight is 227 g/mol. The van der Waals surface area contributed by atoms with E-state index >= 15 is 0 Å². The molecule has 0 saturated carbocycles. The van der Waals surface area contributed by atoms with Crippen LogP contribution in [0.25, 0.3) is 16.8 Å². The van der Waals surface area contributed by atoms with Gasteiger partial charge >= 0.3 is 5.97 Å². The maximum atomic E-state index is 10.8. The first-order valence-corrected chi connectivity index (χ1v) is 5.28. The molecule has 0 fully saturated rings. The Morgan fingerprint density at radius 3 is 2.65 bits per heavy atom. The first-order valence-electron chi connectivity index (χ1n) is 5.28. The van der Waals surface area contributed by atoms with E-state index in [0.717, 1.165) is 16.3 Å². The Bertz CT molecular complexity index is 615. The summed E-state index contributed by atoms with van der Waals surface area (Å²) >= 11 is 0. The van der Waals surface area contributed by atoms with Gasteiger partial charge in [-0.1, -0.05) is 30.3 Å². The zero-order chi connectivity index (χ0) is 12.4. The molecule has 2 rings (SSSR count). The lowest BCUT2D eigenvalue weighted by Crippen LogP contribution is -1.97. The van der Waals surface area contributed by atoms with Gasteiger partial charge in [0.1, 0.15) is 0 Å². The molecule has 0 saturated heterocycles. The molecular formula is C14H13NO2. The Hall–Kier alpha value is -2.29. The maximum absolute atomic E-state index is 10.8. The van der Waals surface area contributed by atoms with Crippen LogP contribution in [0.2, 0.25) is 0 Å². The number of rotatable bonds is 2. The number of hydrogen-bond donors (Lipinski definition) is 2. The molecule has 0 aromatic heterocycles. The molecule has 3 nitrogen and oxygen atoms in total. The molecule has 0 atom stereocenters. The third-order valence-corrected chi connectivity index (χ3v) is 2.70. The van der Waals surface area contributed by atoms with Crippen molar-refractivity contribution in [1.82, 2.24) is 0 Å². The van der Waals surface area contributed by atoms with Crippen LogP contribution in [0.4, 0.5) is 5.69 Å². The molecular weight excluding hydrogens is 214 g/mol. The van der Waals surface area contributed by atoms with E-state index in [-0.39, 0.29) is 5.57 Å². The van der Waals surface area contributed by atoms with E-state index in [0.29, 0.717) is 5.69 Å². The largest absolute Gasteiger partial charge is 0.478 e. The summed E-state index contributed by atoms with van der Waals surface area (Å²) in [5.74, 6) is -0.933. The molecule has 0 spiro atoms. The molecule has 3 heteroatoms. The highest BCUT2D eigenvalue weighted by Crippen LogP contribution is 2.26. The number of carbonyl (C=O) groups is 1. The fourth-order valence-electron chi connectivity index (χ4n) is 1.75. The number of nitrogen functional groups attached to an aromatic ring is 1. The summed E-state index contributed by atoms with van der Waals surface area (Å²) in [7, 11) is 0. The Morgan fingerprint density at radius 2 is 1.94 bits per heavy atom. The summed E-state index contributed by atoms with van der Waals surface area (Å²) in [5.41, 5.74) is 7.52. The van der Waals surface area contributed by atoms with Gasteiger partial charge in [0.05, 0.1) is 0 Å². The normalized spacial score (nSPS) is 11.7. The second-order valence-corrected chi connectivity index (χ2v) is 3.92. The third-order valence-electron chi connectivity index (χ3n) is 2.70. The van der Waals surface area contributed by atoms with Gasteiger partial charge in [0, 0.05) is 16.8 Å². The van der Waals surface area contributed by atoms with Crippen LogP contribution in [-0.2, 0) is 4.79 Å². The number of hydrogen-bond acceptors (Lipinski definition) is 2. The molecule has 86 valence electrons. The van der Waals surface area contributed by atoms with Crippen LogP contribution in [0, 0.1) is 0 Å². The number of benzene rings is 2. The molecule has 17 heavy (non-hydrogen) atoms. The number of carboxylic acids is 1. The van der Waals surface area contributed by atoms with Crippen LogP contribution in [0.1, 0.15) is 12.5 Å². The van der Waals surface area contributed by atoms with E-state index in [1.807, 2.05) is 30.3 Å². The van der Waals surface area contributed by atoms with E-state index < -0.39 is 5.97 Å². The van der Waals surface area contributed by atoms with Crippen molar-refractivity contribution in [3.05, 3.63) is 47.5 Å². The topological polar surface area (TPSA) is 63.3 Å². The number of carboxylic acid groups (broad SMARTS) is 1. The minimum absolute atomic E-state index is 0.271. The van der Waals surface area contributed by atoms with E-state index in [4.69, 9.17) is 10.8 Å². The van der Waals surface area contributed by atoms with Gasteiger partial charge in [0.2, 0.25) is 0 Å². The lowest BCUT2D eigenvalue weighted by atomic mass is 10.0. The summed E-state index contributed by atoms with van der Waals surface area (Å²) < 4.78 is 0. The van der Waals surface area contributed by atoms with Gasteiger partial charge in [-0.25, -0.2) is 4.79 Å². The van der Waals surface area contributed by atoms with Gasteiger partial charge < -0.3 is 10.8 Å². The molecule has 2 aromatic rings. The Morgan fingerprint density at radius 1 is 1.24 bits per heavy atom. The van der Waals surface area contributed by atoms with Gasteiger partial charge in [-0.15, -0.1) is 0 Å². The summed E-state index contributed by atoms with van der Waals surface area (Å²) in [4.78, 5) is 10.8. The Labute approximate surface area is 99.2 Å². The second-order valence-electron chi connectivity index (χ2n) is 3.92. The molecule has 0 aliphatic rings. The molecule has 0 bridgehead atoms. The molecule has 0 heterocycles. The third kappa shape index (κ3) is 2.13. The van der Waals surface area contributed by atoms with Crippen molar-refractivity contribution in [3.63, 3.8) is 0 Å². The number of aliphatic carboxylic acids is 1. The van der Waals surface area contributed by atoms with Crippen molar-refractivity contribution in [2.24, 2.45) is 0 Å². The van der Waals surface area contributed by atoms with Gasteiger partial charge in [-0.2, -0.15) is 0 Å². The van der Waals surface area contributed by atoms with Crippen molar-refractivity contribution >= 4 is 28.5 Å². The minimum atomic E-state index is -0.933. The van der Waals surface area contributed by atoms with E-state index in [1.54, 1.807) is 19.1 Å². The van der Waals surface area contributed by atoms with Crippen LogP contribution in [-0.4, -0.2) is 11.1 Å². The Balaban J connectivity index is 2.71. The predicted octanol–water partition coefficient (Wildman–Crippen LogP) is 2.91. The summed E-state index contributed by atoms with van der Waals surface area (Å²) in [6.07, 6.45) is 1.61. The fraction of sp³-hybridized carbons (Fsp3) is 0.0714. The highest BCUT2D eigenvalue weighted by atomic mass is 16.4. The maximum Gasteiger partial charge on any atom is 0.331 e. The van der Waals surface area contributed by atoms with Crippen molar-refractivity contribution < 1.29 is 9.90 Å². The first-order chi connectivity index (χ1) is 8.09. The highest BCUT2D eigenvalue weighted by molar-refractivity contribution is 6.00. The first kappa shape index (κ1) is 11.2. The fourth-order valence-corrected chi connectivity index (χ4v) is 1.75. The van der Waals surface area contributed by atoms with E-state index in [2.05, 4.69) is 0 Å². The zero-order valence-corrected chi connectivity index (χ0v) is 9.47. The zero-order valence-electron chi connectivity index (χ0n) is 9.47. The average Bonchev–Trinajstić information content (AvgIpc) is 2.32. The molecule has 0 unspecified atom stereocenters. The Kier molecular flexibility index (Phi) is 2.83. The minimum Gasteiger partial charge on any atom is -0.478 e. The standard InChI is InChI=1S/C14H13NO2/c1-9(14(16)17)8-12-11-5-3-2-4-10(11)6-7-13(12)15/h2-8H,15H2,1H3,(H,16,17)/b9-8+. The van der Waals surface area contributed by atoms with Crippen LogP contribution < -0.4 is 5.73 Å². The van der Waals surface area contributed by atoms with Crippen LogP contribution >= 0.6 is 0 Å². The van der Waals surface area contributed by atoms with Gasteiger partial charge in [-0.3, -0.25) is 0 Å². The summed E-state index contributed by atoms with van der Waals surface area (Å²) in [6.45, 7) is 1.56. The molecule has 0 amide bonds. The predicted molar refractivity (Wildman–Crippen MR) is 69.6 cm³/mol. The van der Waals surface area contributed by atoms with Crippen LogP contribution in [0.5, 0.6) is 0 Å². The van der Waals surface area contributed by atoms with Crippen LogP contribution in [0.3, 0.4) is 0 Å². The quantitative estimate of drug-likeness (QED) is 0.612. The molecule has 3 N–H and O–H groups in total. The van der Waals surface area contributed by atoms with E-state index in [1.165, 1.54) is 0 Å². The SMILES string of the molecule is C/C(=C\c1c(N)ccc2ccccc12)C(=O)O. The van der Waals surface area contributed by atoms with Crippen molar-refractivity contribution in [3.8, 4) is 0 Å². The lowest BCUT2D eigenvalue weighted by molar-refractivity contribution is -0.132. The van der Waals surface area contributed by atoms with Crippen LogP contribution in [0.15, 0.2) is 42.0 Å². The van der Waals surface area contributed by atoms with Gasteiger partial charge in [0.25, 0.3) is 0 Å². The molecule has 2 aromatic carbocycles. The molecule has 0 aliphatic heterocycles. The monoisotopic (exact) mass is 227 g/mol. The molecule has 0 aliphatic carbocycles. The summed E-state index contributed by atoms with van der Waals surface area (Å²) in [6, 6.07) is 11.5. The van der Waals surface area contributed by atoms with E-state index in [9.17, 15) is 4.79 Å².